The molecule has 1 aliphatic heterocycles. The van der Waals surface area contributed by atoms with Crippen molar-refractivity contribution >= 4 is 48.0 Å². The van der Waals surface area contributed by atoms with Crippen LogP contribution in [0.3, 0.4) is 0 Å². The Morgan fingerprint density at radius 2 is 1.68 bits per heavy atom. The Labute approximate surface area is 137 Å². The number of halogens is 4. The second-order valence-corrected chi connectivity index (χ2v) is 5.34. The van der Waals surface area contributed by atoms with Crippen LogP contribution in [0.2, 0.25) is 10.0 Å². The molecule has 1 fully saturated rings. The van der Waals surface area contributed by atoms with E-state index in [0.717, 1.165) is 47.7 Å². The highest BCUT2D eigenvalue weighted by Crippen LogP contribution is 2.24. The van der Waals surface area contributed by atoms with Crippen LogP contribution in [0.1, 0.15) is 18.4 Å². The Hall–Kier alpha value is 0.300. The molecule has 2 nitrogen and oxygen atoms in total. The number of hydrogen-bond donors (Lipinski definition) is 2. The third-order valence-electron chi connectivity index (χ3n) is 3.26. The molecule has 0 saturated carbocycles. The van der Waals surface area contributed by atoms with E-state index in [4.69, 9.17) is 23.2 Å². The van der Waals surface area contributed by atoms with Gasteiger partial charge < -0.3 is 10.6 Å². The fraction of sp³-hybridized carbons (Fsp3) is 0.538. The quantitative estimate of drug-likeness (QED) is 0.864. The lowest BCUT2D eigenvalue weighted by atomic mass is 9.98. The Bertz CT molecular complexity index is 347. The zero-order chi connectivity index (χ0) is 12.1. The molecule has 110 valence electrons. The third kappa shape index (κ3) is 6.07. The van der Waals surface area contributed by atoms with Gasteiger partial charge in [-0.1, -0.05) is 29.3 Å². The Morgan fingerprint density at radius 3 is 2.26 bits per heavy atom. The predicted octanol–water partition coefficient (Wildman–Crippen LogP) is 3.93. The van der Waals surface area contributed by atoms with E-state index in [-0.39, 0.29) is 24.8 Å². The summed E-state index contributed by atoms with van der Waals surface area (Å²) in [5.41, 5.74) is 1.00. The summed E-state index contributed by atoms with van der Waals surface area (Å²) in [5, 5.41) is 8.32. The average molecular weight is 346 g/mol. The van der Waals surface area contributed by atoms with Crippen LogP contribution < -0.4 is 10.6 Å². The van der Waals surface area contributed by atoms with Crippen molar-refractivity contribution in [1.82, 2.24) is 10.6 Å². The normalized spacial score (nSPS) is 15.5. The van der Waals surface area contributed by atoms with Gasteiger partial charge in [-0.05, 0) is 50.5 Å². The van der Waals surface area contributed by atoms with Crippen LogP contribution >= 0.6 is 48.0 Å². The maximum Gasteiger partial charge on any atom is 0.0465 e. The zero-order valence-corrected chi connectivity index (χ0v) is 13.8. The van der Waals surface area contributed by atoms with Gasteiger partial charge in [0.1, 0.15) is 0 Å². The molecule has 1 heterocycles. The van der Waals surface area contributed by atoms with Gasteiger partial charge in [0, 0.05) is 22.2 Å². The second-order valence-electron chi connectivity index (χ2n) is 4.52. The van der Waals surface area contributed by atoms with Crippen LogP contribution in [0, 0.1) is 5.92 Å². The van der Waals surface area contributed by atoms with Crippen molar-refractivity contribution < 1.29 is 0 Å². The van der Waals surface area contributed by atoms with Gasteiger partial charge in [0.2, 0.25) is 0 Å². The Morgan fingerprint density at radius 1 is 1.11 bits per heavy atom. The monoisotopic (exact) mass is 344 g/mol. The summed E-state index contributed by atoms with van der Waals surface area (Å²) in [4.78, 5) is 0. The number of rotatable bonds is 4. The molecule has 1 aromatic rings. The molecule has 0 bridgehead atoms. The van der Waals surface area contributed by atoms with Crippen molar-refractivity contribution in [1.29, 1.82) is 0 Å². The molecule has 0 amide bonds. The van der Waals surface area contributed by atoms with Crippen LogP contribution in [-0.2, 0) is 6.54 Å². The molecule has 1 aliphatic rings. The smallest absolute Gasteiger partial charge is 0.0465 e. The number of hydrogen-bond acceptors (Lipinski definition) is 2. The largest absolute Gasteiger partial charge is 0.317 e. The van der Waals surface area contributed by atoms with Crippen LogP contribution in [-0.4, -0.2) is 19.6 Å². The summed E-state index contributed by atoms with van der Waals surface area (Å²) >= 11 is 12.2. The maximum absolute atomic E-state index is 6.12. The summed E-state index contributed by atoms with van der Waals surface area (Å²) in [5.74, 6) is 0.775. The third-order valence-corrected chi connectivity index (χ3v) is 3.96. The molecule has 1 aromatic carbocycles. The van der Waals surface area contributed by atoms with Gasteiger partial charge in [0.15, 0.2) is 0 Å². The zero-order valence-electron chi connectivity index (χ0n) is 10.6. The highest BCUT2D eigenvalue weighted by atomic mass is 35.5. The van der Waals surface area contributed by atoms with E-state index in [0.29, 0.717) is 0 Å². The predicted molar refractivity (Wildman–Crippen MR) is 88.3 cm³/mol. The number of piperidine rings is 1. The Balaban J connectivity index is 0.00000162. The summed E-state index contributed by atoms with van der Waals surface area (Å²) < 4.78 is 0. The van der Waals surface area contributed by atoms with Crippen molar-refractivity contribution in [3.8, 4) is 0 Å². The molecule has 0 atom stereocenters. The van der Waals surface area contributed by atoms with Gasteiger partial charge >= 0.3 is 0 Å². The SMILES string of the molecule is Cl.Cl.Clc1cccc(Cl)c1CNCC1CCNCC1. The molecular formula is C13H20Cl4N2. The van der Waals surface area contributed by atoms with Gasteiger partial charge in [-0.15, -0.1) is 24.8 Å². The molecule has 0 aromatic heterocycles. The van der Waals surface area contributed by atoms with E-state index in [9.17, 15) is 0 Å². The highest BCUT2D eigenvalue weighted by Gasteiger charge is 2.12. The first-order valence-corrected chi connectivity index (χ1v) is 6.87. The van der Waals surface area contributed by atoms with Gasteiger partial charge in [-0.25, -0.2) is 0 Å². The van der Waals surface area contributed by atoms with Gasteiger partial charge in [0.25, 0.3) is 0 Å². The molecule has 0 spiro atoms. The molecule has 2 N–H and O–H groups in total. The lowest BCUT2D eigenvalue weighted by Crippen LogP contribution is -2.33. The van der Waals surface area contributed by atoms with E-state index in [2.05, 4.69) is 10.6 Å². The lowest BCUT2D eigenvalue weighted by Gasteiger charge is -2.23. The molecular weight excluding hydrogens is 326 g/mol. The van der Waals surface area contributed by atoms with Crippen molar-refractivity contribution in [3.63, 3.8) is 0 Å². The average Bonchev–Trinajstić information content (AvgIpc) is 2.34. The summed E-state index contributed by atoms with van der Waals surface area (Å²) in [7, 11) is 0. The van der Waals surface area contributed by atoms with Gasteiger partial charge in [-0.3, -0.25) is 0 Å². The minimum Gasteiger partial charge on any atom is -0.317 e. The standard InChI is InChI=1S/C13H18Cl2N2.2ClH/c14-12-2-1-3-13(15)11(12)9-17-8-10-4-6-16-7-5-10;;/h1-3,10,16-17H,4-9H2;2*1H. The van der Waals surface area contributed by atoms with Crippen molar-refractivity contribution in [2.45, 2.75) is 19.4 Å². The first-order chi connectivity index (χ1) is 8.27. The van der Waals surface area contributed by atoms with E-state index >= 15 is 0 Å². The van der Waals surface area contributed by atoms with Gasteiger partial charge in [0.05, 0.1) is 0 Å². The summed E-state index contributed by atoms with van der Waals surface area (Å²) in [6.07, 6.45) is 2.51. The van der Waals surface area contributed by atoms with E-state index in [1.54, 1.807) is 0 Å². The van der Waals surface area contributed by atoms with Crippen LogP contribution in [0.25, 0.3) is 0 Å². The van der Waals surface area contributed by atoms with Crippen molar-refractivity contribution in [3.05, 3.63) is 33.8 Å². The lowest BCUT2D eigenvalue weighted by molar-refractivity contribution is 0.356. The topological polar surface area (TPSA) is 24.1 Å². The fourth-order valence-corrected chi connectivity index (χ4v) is 2.72. The molecule has 0 aliphatic carbocycles. The minimum absolute atomic E-state index is 0. The second kappa shape index (κ2) is 10.1. The minimum atomic E-state index is 0. The molecule has 19 heavy (non-hydrogen) atoms. The van der Waals surface area contributed by atoms with Crippen molar-refractivity contribution in [2.75, 3.05) is 19.6 Å². The summed E-state index contributed by atoms with van der Waals surface area (Å²) in [6.45, 7) is 4.07. The van der Waals surface area contributed by atoms with Crippen LogP contribution in [0.4, 0.5) is 0 Å². The molecule has 6 heteroatoms. The van der Waals surface area contributed by atoms with Crippen molar-refractivity contribution in [2.24, 2.45) is 5.92 Å². The van der Waals surface area contributed by atoms with E-state index in [1.807, 2.05) is 18.2 Å². The molecule has 1 saturated heterocycles. The Kier molecular flexibility index (Phi) is 10.2. The maximum atomic E-state index is 6.12. The van der Waals surface area contributed by atoms with Gasteiger partial charge in [-0.2, -0.15) is 0 Å². The van der Waals surface area contributed by atoms with Crippen LogP contribution in [0.5, 0.6) is 0 Å². The highest BCUT2D eigenvalue weighted by molar-refractivity contribution is 6.35. The number of benzene rings is 1. The molecule has 2 rings (SSSR count). The van der Waals surface area contributed by atoms with E-state index < -0.39 is 0 Å². The summed E-state index contributed by atoms with van der Waals surface area (Å²) in [6, 6.07) is 5.64. The molecule has 0 unspecified atom stereocenters. The molecule has 0 radical (unpaired) electrons. The first-order valence-electron chi connectivity index (χ1n) is 6.11. The number of nitrogens with one attached hydrogen (secondary N) is 2. The van der Waals surface area contributed by atoms with E-state index in [1.165, 1.54) is 12.8 Å². The first kappa shape index (κ1) is 19.3. The van der Waals surface area contributed by atoms with Crippen LogP contribution in [0.15, 0.2) is 18.2 Å². The fourth-order valence-electron chi connectivity index (χ4n) is 2.19.